The summed E-state index contributed by atoms with van der Waals surface area (Å²) in [6, 6.07) is 0. The molecule has 0 bridgehead atoms. The van der Waals surface area contributed by atoms with Crippen molar-refractivity contribution >= 4 is 21.6 Å². The van der Waals surface area contributed by atoms with Gasteiger partial charge in [-0.3, -0.25) is 13.9 Å². The van der Waals surface area contributed by atoms with Gasteiger partial charge in [-0.05, 0) is 12.5 Å². The topological polar surface area (TPSA) is 82.1 Å². The van der Waals surface area contributed by atoms with Crippen molar-refractivity contribution in [1.82, 2.24) is 14.5 Å². The maximum absolute atomic E-state index is 12.6. The van der Waals surface area contributed by atoms with E-state index in [4.69, 9.17) is 5.73 Å². The van der Waals surface area contributed by atoms with Crippen LogP contribution in [0.15, 0.2) is 9.59 Å². The Morgan fingerprint density at radius 3 is 2.64 bits per heavy atom. The van der Waals surface area contributed by atoms with Crippen LogP contribution >= 0.6 is 11.3 Å². The van der Waals surface area contributed by atoms with Crippen LogP contribution in [0.4, 0.5) is 8.78 Å². The first kappa shape index (κ1) is 16.8. The molecule has 0 amide bonds. The van der Waals surface area contributed by atoms with Crippen molar-refractivity contribution in [2.75, 3.05) is 13.1 Å². The molecule has 0 saturated heterocycles. The lowest BCUT2D eigenvalue weighted by atomic mass is 10.2. The molecular formula is C13H18F2N4O2S. The number of nitrogens with two attached hydrogens (primary N) is 1. The highest BCUT2D eigenvalue weighted by molar-refractivity contribution is 7.18. The number of aryl methyl sites for hydroxylation is 2. The summed E-state index contributed by atoms with van der Waals surface area (Å²) in [6.45, 7) is 2.51. The number of aromatic nitrogens is 2. The van der Waals surface area contributed by atoms with Crippen molar-refractivity contribution in [3.8, 4) is 0 Å². The number of rotatable bonds is 6. The number of hydrogen-bond donors (Lipinski definition) is 2. The Kier molecular flexibility index (Phi) is 5.09. The first-order chi connectivity index (χ1) is 10.4. The SMILES string of the molecule is Cc1c(CNCCN)sc2c1c(=O)n(CC(F)F)c(=O)n2C. The van der Waals surface area contributed by atoms with Crippen molar-refractivity contribution in [2.24, 2.45) is 12.8 Å². The summed E-state index contributed by atoms with van der Waals surface area (Å²) < 4.78 is 27.0. The van der Waals surface area contributed by atoms with Crippen LogP contribution in [0.3, 0.4) is 0 Å². The lowest BCUT2D eigenvalue weighted by molar-refractivity contribution is 0.123. The maximum Gasteiger partial charge on any atom is 0.332 e. The summed E-state index contributed by atoms with van der Waals surface area (Å²) in [4.78, 5) is 25.9. The van der Waals surface area contributed by atoms with Crippen LogP contribution in [0, 0.1) is 6.92 Å². The van der Waals surface area contributed by atoms with E-state index in [1.807, 2.05) is 0 Å². The van der Waals surface area contributed by atoms with Crippen LogP contribution in [0.2, 0.25) is 0 Å². The second kappa shape index (κ2) is 6.67. The van der Waals surface area contributed by atoms with Crippen molar-refractivity contribution in [1.29, 1.82) is 0 Å². The Hall–Kier alpha value is -1.58. The lowest BCUT2D eigenvalue weighted by Crippen LogP contribution is -2.40. The van der Waals surface area contributed by atoms with Gasteiger partial charge < -0.3 is 11.1 Å². The molecule has 0 aliphatic carbocycles. The molecule has 3 N–H and O–H groups in total. The van der Waals surface area contributed by atoms with Crippen LogP contribution < -0.4 is 22.3 Å². The zero-order valence-electron chi connectivity index (χ0n) is 12.4. The molecule has 2 rings (SSSR count). The van der Waals surface area contributed by atoms with Crippen LogP contribution in [0.1, 0.15) is 10.4 Å². The predicted octanol–water partition coefficient (Wildman–Crippen LogP) is 0.384. The second-order valence-electron chi connectivity index (χ2n) is 4.94. The zero-order chi connectivity index (χ0) is 16.4. The summed E-state index contributed by atoms with van der Waals surface area (Å²) in [5, 5.41) is 3.45. The van der Waals surface area contributed by atoms with E-state index in [1.165, 1.54) is 23.0 Å². The third kappa shape index (κ3) is 2.96. The highest BCUT2D eigenvalue weighted by Gasteiger charge is 2.19. The molecule has 0 aliphatic heterocycles. The molecular weight excluding hydrogens is 314 g/mol. The number of thiophene rings is 1. The maximum atomic E-state index is 12.6. The molecule has 0 fully saturated rings. The molecule has 2 aromatic heterocycles. The van der Waals surface area contributed by atoms with Gasteiger partial charge in [0.15, 0.2) is 0 Å². The molecule has 2 heterocycles. The average molecular weight is 332 g/mol. The van der Waals surface area contributed by atoms with Crippen molar-refractivity contribution < 1.29 is 8.78 Å². The summed E-state index contributed by atoms with van der Waals surface area (Å²) in [5.41, 5.74) is 4.75. The fourth-order valence-corrected chi connectivity index (χ4v) is 3.51. The molecule has 6 nitrogen and oxygen atoms in total. The van der Waals surface area contributed by atoms with Gasteiger partial charge in [0, 0.05) is 31.6 Å². The second-order valence-corrected chi connectivity index (χ2v) is 6.03. The molecule has 0 spiro atoms. The van der Waals surface area contributed by atoms with Crippen LogP contribution in [-0.4, -0.2) is 28.6 Å². The van der Waals surface area contributed by atoms with E-state index >= 15 is 0 Å². The number of nitrogens with zero attached hydrogens (tertiary/aromatic N) is 2. The monoisotopic (exact) mass is 332 g/mol. The molecule has 9 heteroatoms. The third-order valence-corrected chi connectivity index (χ3v) is 4.80. The van der Waals surface area contributed by atoms with Gasteiger partial charge in [-0.15, -0.1) is 11.3 Å². The normalized spacial score (nSPS) is 11.7. The van der Waals surface area contributed by atoms with Crippen LogP contribution in [-0.2, 0) is 20.1 Å². The average Bonchev–Trinajstić information content (AvgIpc) is 2.79. The summed E-state index contributed by atoms with van der Waals surface area (Å²) in [7, 11) is 1.49. The molecule has 0 radical (unpaired) electrons. The first-order valence-electron chi connectivity index (χ1n) is 6.79. The van der Waals surface area contributed by atoms with E-state index < -0.39 is 24.2 Å². The Bertz CT molecular complexity index is 794. The lowest BCUT2D eigenvalue weighted by Gasteiger charge is -2.07. The number of nitrogens with one attached hydrogen (secondary N) is 1. The van der Waals surface area contributed by atoms with E-state index in [0.717, 1.165) is 4.88 Å². The number of alkyl halides is 2. The molecule has 0 atom stereocenters. The van der Waals surface area contributed by atoms with Gasteiger partial charge in [-0.1, -0.05) is 0 Å². The van der Waals surface area contributed by atoms with E-state index in [0.29, 0.717) is 40.0 Å². The Labute approximate surface area is 129 Å². The minimum Gasteiger partial charge on any atom is -0.329 e. The Morgan fingerprint density at radius 1 is 1.36 bits per heavy atom. The molecule has 0 saturated carbocycles. The Balaban J connectivity index is 2.62. The number of hydrogen-bond acceptors (Lipinski definition) is 5. The first-order valence-corrected chi connectivity index (χ1v) is 7.60. The van der Waals surface area contributed by atoms with Crippen molar-refractivity contribution in [3.63, 3.8) is 0 Å². The summed E-state index contributed by atoms with van der Waals surface area (Å²) in [5.74, 6) is 0. The molecule has 122 valence electrons. The molecule has 0 unspecified atom stereocenters. The van der Waals surface area contributed by atoms with Crippen LogP contribution in [0.25, 0.3) is 10.2 Å². The minimum absolute atomic E-state index is 0.331. The Morgan fingerprint density at radius 2 is 2.05 bits per heavy atom. The highest BCUT2D eigenvalue weighted by atomic mass is 32.1. The van der Waals surface area contributed by atoms with Gasteiger partial charge in [0.2, 0.25) is 0 Å². The van der Waals surface area contributed by atoms with Crippen molar-refractivity contribution in [2.45, 2.75) is 26.4 Å². The molecule has 2 aromatic rings. The van der Waals surface area contributed by atoms with Gasteiger partial charge in [0.05, 0.1) is 11.9 Å². The van der Waals surface area contributed by atoms with Gasteiger partial charge in [0.1, 0.15) is 4.83 Å². The summed E-state index contributed by atoms with van der Waals surface area (Å²) >= 11 is 1.32. The molecule has 0 aromatic carbocycles. The highest BCUT2D eigenvalue weighted by Crippen LogP contribution is 2.27. The standard InChI is InChI=1S/C13H18F2N4O2S/c1-7-8(5-17-4-3-16)22-12-10(7)11(20)19(6-9(14)15)13(21)18(12)2/h9,17H,3-6,16H2,1-2H3. The predicted molar refractivity (Wildman–Crippen MR) is 82.8 cm³/mol. The van der Waals surface area contributed by atoms with E-state index in [9.17, 15) is 18.4 Å². The van der Waals surface area contributed by atoms with Gasteiger partial charge in [0.25, 0.3) is 12.0 Å². The van der Waals surface area contributed by atoms with E-state index in [2.05, 4.69) is 5.32 Å². The van der Waals surface area contributed by atoms with Gasteiger partial charge in [-0.25, -0.2) is 13.6 Å². The van der Waals surface area contributed by atoms with Gasteiger partial charge in [-0.2, -0.15) is 0 Å². The van der Waals surface area contributed by atoms with Gasteiger partial charge >= 0.3 is 5.69 Å². The quantitative estimate of drug-likeness (QED) is 0.750. The fourth-order valence-electron chi connectivity index (χ4n) is 2.29. The third-order valence-electron chi connectivity index (χ3n) is 3.44. The number of halogens is 2. The van der Waals surface area contributed by atoms with E-state index in [-0.39, 0.29) is 0 Å². The number of fused-ring (bicyclic) bond motifs is 1. The smallest absolute Gasteiger partial charge is 0.329 e. The minimum atomic E-state index is -2.76. The fraction of sp³-hybridized carbons (Fsp3) is 0.538. The van der Waals surface area contributed by atoms with Crippen LogP contribution in [0.5, 0.6) is 0 Å². The van der Waals surface area contributed by atoms with Crippen molar-refractivity contribution in [3.05, 3.63) is 31.3 Å². The largest absolute Gasteiger partial charge is 0.332 e. The van der Waals surface area contributed by atoms with E-state index in [1.54, 1.807) is 6.92 Å². The zero-order valence-corrected chi connectivity index (χ0v) is 13.2. The molecule has 22 heavy (non-hydrogen) atoms. The summed E-state index contributed by atoms with van der Waals surface area (Å²) in [6.07, 6.45) is -2.76. The molecule has 0 aliphatic rings.